The summed E-state index contributed by atoms with van der Waals surface area (Å²) in [5.41, 5.74) is 0.703. The molecule has 0 radical (unpaired) electrons. The van der Waals surface area contributed by atoms with Crippen molar-refractivity contribution in [2.75, 3.05) is 6.61 Å². The highest BCUT2D eigenvalue weighted by molar-refractivity contribution is 5.94. The Bertz CT molecular complexity index is 369. The fraction of sp³-hybridized carbons (Fsp3) is 0.400. The molecule has 0 bridgehead atoms. The zero-order valence-electron chi connectivity index (χ0n) is 10.4. The second kappa shape index (κ2) is 7.66. The third-order valence-corrected chi connectivity index (χ3v) is 2.56. The van der Waals surface area contributed by atoms with E-state index in [0.717, 1.165) is 25.0 Å². The van der Waals surface area contributed by atoms with Crippen molar-refractivity contribution in [2.24, 2.45) is 0 Å². The minimum atomic E-state index is 0.0708. The Hall–Kier alpha value is -1.57. The molecule has 1 aromatic rings. The topological polar surface area (TPSA) is 26.3 Å². The maximum absolute atomic E-state index is 11.2. The molecule has 0 aliphatic rings. The van der Waals surface area contributed by atoms with Gasteiger partial charge in [0.15, 0.2) is 5.78 Å². The Morgan fingerprint density at radius 2 is 2.18 bits per heavy atom. The fourth-order valence-electron chi connectivity index (χ4n) is 1.56. The molecule has 2 heteroatoms. The second-order valence-electron chi connectivity index (χ2n) is 4.07. The Morgan fingerprint density at radius 1 is 1.35 bits per heavy atom. The number of benzene rings is 1. The average molecular weight is 232 g/mol. The number of hydrogen-bond donors (Lipinski definition) is 0. The Balaban J connectivity index is 2.29. The van der Waals surface area contributed by atoms with Crippen LogP contribution in [-0.2, 0) is 0 Å². The number of unbranched alkanes of at least 4 members (excludes halogenated alkanes) is 3. The standard InChI is InChI=1S/C15H20O2/c1-3-4-5-6-7-11-17-15-10-8-9-14(12-15)13(2)16/h3,8-10,12H,1,4-7,11H2,2H3. The quantitative estimate of drug-likeness (QED) is 0.384. The first kappa shape index (κ1) is 13.5. The van der Waals surface area contributed by atoms with E-state index in [4.69, 9.17) is 4.74 Å². The second-order valence-corrected chi connectivity index (χ2v) is 4.07. The van der Waals surface area contributed by atoms with Gasteiger partial charge < -0.3 is 4.74 Å². The van der Waals surface area contributed by atoms with Gasteiger partial charge in [0.05, 0.1) is 6.61 Å². The number of Topliss-reactive ketones (excluding diaryl/α,β-unsaturated/α-hetero) is 1. The van der Waals surface area contributed by atoms with Crippen molar-refractivity contribution in [3.8, 4) is 5.75 Å². The molecule has 0 amide bonds. The molecule has 0 aromatic heterocycles. The number of ketones is 1. The summed E-state index contributed by atoms with van der Waals surface area (Å²) in [7, 11) is 0. The van der Waals surface area contributed by atoms with Gasteiger partial charge in [-0.25, -0.2) is 0 Å². The van der Waals surface area contributed by atoms with Crippen LogP contribution in [0.4, 0.5) is 0 Å². The van der Waals surface area contributed by atoms with Crippen molar-refractivity contribution in [3.63, 3.8) is 0 Å². The predicted octanol–water partition coefficient (Wildman–Crippen LogP) is 4.01. The Kier molecular flexibility index (Phi) is 6.08. The summed E-state index contributed by atoms with van der Waals surface area (Å²) in [5, 5.41) is 0. The lowest BCUT2D eigenvalue weighted by atomic mass is 10.1. The summed E-state index contributed by atoms with van der Waals surface area (Å²) < 4.78 is 5.60. The summed E-state index contributed by atoms with van der Waals surface area (Å²) in [6.07, 6.45) is 6.37. The van der Waals surface area contributed by atoms with Gasteiger partial charge in [-0.1, -0.05) is 18.2 Å². The van der Waals surface area contributed by atoms with E-state index in [1.54, 1.807) is 19.1 Å². The Morgan fingerprint density at radius 3 is 2.88 bits per heavy atom. The number of rotatable bonds is 8. The molecule has 0 N–H and O–H groups in total. The molecule has 0 unspecified atom stereocenters. The van der Waals surface area contributed by atoms with Gasteiger partial charge in [-0.3, -0.25) is 4.79 Å². The molecule has 92 valence electrons. The molecule has 1 aromatic carbocycles. The smallest absolute Gasteiger partial charge is 0.159 e. The molecule has 0 heterocycles. The number of ether oxygens (including phenoxy) is 1. The maximum atomic E-state index is 11.2. The summed E-state index contributed by atoms with van der Waals surface area (Å²) in [5.74, 6) is 0.850. The van der Waals surface area contributed by atoms with Crippen molar-refractivity contribution >= 4 is 5.78 Å². The average Bonchev–Trinajstić information content (AvgIpc) is 2.34. The van der Waals surface area contributed by atoms with Crippen LogP contribution < -0.4 is 4.74 Å². The number of carbonyl (C=O) groups excluding carboxylic acids is 1. The van der Waals surface area contributed by atoms with Gasteiger partial charge in [-0.15, -0.1) is 6.58 Å². The monoisotopic (exact) mass is 232 g/mol. The van der Waals surface area contributed by atoms with Gasteiger partial charge in [0, 0.05) is 5.56 Å². The predicted molar refractivity (Wildman–Crippen MR) is 70.6 cm³/mol. The van der Waals surface area contributed by atoms with Gasteiger partial charge in [0.25, 0.3) is 0 Å². The van der Waals surface area contributed by atoms with Gasteiger partial charge >= 0.3 is 0 Å². The molecule has 0 aliphatic heterocycles. The molecule has 0 saturated carbocycles. The van der Waals surface area contributed by atoms with Crippen LogP contribution in [0.2, 0.25) is 0 Å². The Labute approximate surface area is 103 Å². The molecule has 0 spiro atoms. The molecule has 0 fully saturated rings. The largest absolute Gasteiger partial charge is 0.494 e. The number of allylic oxidation sites excluding steroid dienone is 1. The van der Waals surface area contributed by atoms with E-state index in [2.05, 4.69) is 6.58 Å². The van der Waals surface area contributed by atoms with Crippen molar-refractivity contribution in [1.82, 2.24) is 0 Å². The van der Waals surface area contributed by atoms with Crippen LogP contribution in [0.5, 0.6) is 5.75 Å². The van der Waals surface area contributed by atoms with Gasteiger partial charge in [0.2, 0.25) is 0 Å². The lowest BCUT2D eigenvalue weighted by Gasteiger charge is -2.06. The van der Waals surface area contributed by atoms with Crippen molar-refractivity contribution < 1.29 is 9.53 Å². The van der Waals surface area contributed by atoms with E-state index in [1.165, 1.54) is 6.42 Å². The zero-order chi connectivity index (χ0) is 12.5. The molecular weight excluding hydrogens is 212 g/mol. The first-order chi connectivity index (χ1) is 8.24. The first-order valence-electron chi connectivity index (χ1n) is 6.08. The van der Waals surface area contributed by atoms with Crippen LogP contribution in [0.1, 0.15) is 43.0 Å². The number of carbonyl (C=O) groups is 1. The maximum Gasteiger partial charge on any atom is 0.159 e. The lowest BCUT2D eigenvalue weighted by molar-refractivity contribution is 0.101. The number of hydrogen-bond acceptors (Lipinski definition) is 2. The van der Waals surface area contributed by atoms with Crippen LogP contribution in [-0.4, -0.2) is 12.4 Å². The van der Waals surface area contributed by atoms with E-state index < -0.39 is 0 Å². The van der Waals surface area contributed by atoms with Crippen LogP contribution in [0.15, 0.2) is 36.9 Å². The SMILES string of the molecule is C=CCCCCCOc1cccc(C(C)=O)c1. The molecule has 2 nitrogen and oxygen atoms in total. The molecule has 1 rings (SSSR count). The molecule has 0 saturated heterocycles. The van der Waals surface area contributed by atoms with E-state index in [9.17, 15) is 4.79 Å². The highest BCUT2D eigenvalue weighted by Crippen LogP contribution is 2.14. The van der Waals surface area contributed by atoms with E-state index in [0.29, 0.717) is 12.2 Å². The lowest BCUT2D eigenvalue weighted by Crippen LogP contribution is -1.99. The van der Waals surface area contributed by atoms with Crippen LogP contribution in [0.3, 0.4) is 0 Å². The zero-order valence-corrected chi connectivity index (χ0v) is 10.4. The molecular formula is C15H20O2. The molecule has 0 atom stereocenters. The molecule has 17 heavy (non-hydrogen) atoms. The highest BCUT2D eigenvalue weighted by atomic mass is 16.5. The van der Waals surface area contributed by atoms with E-state index in [1.807, 2.05) is 18.2 Å². The summed E-state index contributed by atoms with van der Waals surface area (Å²) >= 11 is 0. The van der Waals surface area contributed by atoms with Gasteiger partial charge in [-0.2, -0.15) is 0 Å². The van der Waals surface area contributed by atoms with Crippen LogP contribution in [0.25, 0.3) is 0 Å². The van der Waals surface area contributed by atoms with Gasteiger partial charge in [-0.05, 0) is 44.7 Å². The third-order valence-electron chi connectivity index (χ3n) is 2.56. The third kappa shape index (κ3) is 5.34. The van der Waals surface area contributed by atoms with Crippen molar-refractivity contribution in [3.05, 3.63) is 42.5 Å². The van der Waals surface area contributed by atoms with Crippen LogP contribution >= 0.6 is 0 Å². The first-order valence-corrected chi connectivity index (χ1v) is 6.08. The minimum Gasteiger partial charge on any atom is -0.494 e. The van der Waals surface area contributed by atoms with E-state index >= 15 is 0 Å². The summed E-state index contributed by atoms with van der Waals surface area (Å²) in [6, 6.07) is 7.34. The highest BCUT2D eigenvalue weighted by Gasteiger charge is 2.00. The van der Waals surface area contributed by atoms with Crippen molar-refractivity contribution in [1.29, 1.82) is 0 Å². The normalized spacial score (nSPS) is 9.94. The fourth-order valence-corrected chi connectivity index (χ4v) is 1.56. The van der Waals surface area contributed by atoms with Crippen molar-refractivity contribution in [2.45, 2.75) is 32.6 Å². The van der Waals surface area contributed by atoms with Gasteiger partial charge in [0.1, 0.15) is 5.75 Å². The summed E-state index contributed by atoms with van der Waals surface area (Å²) in [4.78, 5) is 11.2. The molecule has 0 aliphatic carbocycles. The van der Waals surface area contributed by atoms with Crippen LogP contribution in [0, 0.1) is 0 Å². The minimum absolute atomic E-state index is 0.0708. The summed E-state index contributed by atoms with van der Waals surface area (Å²) in [6.45, 7) is 5.96. The van der Waals surface area contributed by atoms with E-state index in [-0.39, 0.29) is 5.78 Å².